The van der Waals surface area contributed by atoms with Gasteiger partial charge in [-0.1, -0.05) is 13.8 Å². The van der Waals surface area contributed by atoms with Crippen LogP contribution in [0, 0.1) is 0 Å². The van der Waals surface area contributed by atoms with Gasteiger partial charge in [0.15, 0.2) is 0 Å². The number of H-pyrrole nitrogens is 1. The lowest BCUT2D eigenvalue weighted by Gasteiger charge is -1.99. The highest BCUT2D eigenvalue weighted by atomic mass is 16.5. The van der Waals surface area contributed by atoms with Gasteiger partial charge in [-0.2, -0.15) is 0 Å². The third-order valence-corrected chi connectivity index (χ3v) is 2.11. The molecule has 0 atom stereocenters. The number of nitrogens with zero attached hydrogens (tertiary/aromatic N) is 1. The van der Waals surface area contributed by atoms with Gasteiger partial charge in [0.2, 0.25) is 0 Å². The van der Waals surface area contributed by atoms with Gasteiger partial charge in [0.1, 0.15) is 5.75 Å². The van der Waals surface area contributed by atoms with Crippen molar-refractivity contribution >= 4 is 11.0 Å². The molecule has 1 N–H and O–H groups in total. The van der Waals surface area contributed by atoms with E-state index in [1.165, 1.54) is 0 Å². The summed E-state index contributed by atoms with van der Waals surface area (Å²) in [5, 5.41) is 0. The van der Waals surface area contributed by atoms with Gasteiger partial charge < -0.3 is 9.72 Å². The maximum atomic E-state index is 11.2. The van der Waals surface area contributed by atoms with E-state index in [0.717, 1.165) is 16.8 Å². The molecule has 2 rings (SSSR count). The van der Waals surface area contributed by atoms with Gasteiger partial charge >= 0.3 is 5.69 Å². The molecule has 82 valence electrons. The lowest BCUT2D eigenvalue weighted by molar-refractivity contribution is 0.415. The average molecular weight is 208 g/mol. The summed E-state index contributed by atoms with van der Waals surface area (Å²) in [5.74, 6) is 0.752. The predicted octanol–water partition coefficient (Wildman–Crippen LogP) is 1.90. The van der Waals surface area contributed by atoms with Crippen LogP contribution in [0.4, 0.5) is 0 Å². The molecule has 2 aromatic rings. The number of fused-ring (bicyclic) bond motifs is 1. The smallest absolute Gasteiger partial charge is 0.326 e. The number of imidazole rings is 1. The van der Waals surface area contributed by atoms with Crippen molar-refractivity contribution in [3.05, 3.63) is 28.7 Å². The van der Waals surface area contributed by atoms with Gasteiger partial charge in [0.25, 0.3) is 0 Å². The summed E-state index contributed by atoms with van der Waals surface area (Å²) in [5.41, 5.74) is 1.57. The van der Waals surface area contributed by atoms with E-state index in [0.29, 0.717) is 0 Å². The minimum atomic E-state index is -0.108. The molecule has 0 saturated heterocycles. The standard InChI is InChI=1S/C9H10N2O2.C2H6/c1-11-8-5-6(13-2)3-4-7(8)10-9(11)12;1-2/h3-5H,1-2H3,(H,10,12);1-2H3. The maximum Gasteiger partial charge on any atom is 0.326 e. The van der Waals surface area contributed by atoms with Crippen molar-refractivity contribution in [3.8, 4) is 5.75 Å². The Kier molecular flexibility index (Phi) is 3.55. The highest BCUT2D eigenvalue weighted by Gasteiger charge is 2.02. The lowest BCUT2D eigenvalue weighted by atomic mass is 10.3. The molecule has 0 amide bonds. The second-order valence-corrected chi connectivity index (χ2v) is 2.87. The molecule has 0 aliphatic rings. The van der Waals surface area contributed by atoms with Crippen molar-refractivity contribution in [3.63, 3.8) is 0 Å². The Morgan fingerprint density at radius 1 is 1.33 bits per heavy atom. The van der Waals surface area contributed by atoms with Gasteiger partial charge in [0.05, 0.1) is 18.1 Å². The Hall–Kier alpha value is -1.71. The van der Waals surface area contributed by atoms with E-state index in [4.69, 9.17) is 4.74 Å². The van der Waals surface area contributed by atoms with Gasteiger partial charge in [-0.3, -0.25) is 4.57 Å². The van der Waals surface area contributed by atoms with E-state index in [-0.39, 0.29) is 5.69 Å². The molecule has 4 nitrogen and oxygen atoms in total. The van der Waals surface area contributed by atoms with Crippen LogP contribution >= 0.6 is 0 Å². The Balaban J connectivity index is 0.000000531. The number of aromatic nitrogens is 2. The summed E-state index contributed by atoms with van der Waals surface area (Å²) >= 11 is 0. The number of methoxy groups -OCH3 is 1. The third-order valence-electron chi connectivity index (χ3n) is 2.11. The fraction of sp³-hybridized carbons (Fsp3) is 0.364. The molecule has 0 radical (unpaired) electrons. The van der Waals surface area contributed by atoms with Crippen molar-refractivity contribution in [2.45, 2.75) is 13.8 Å². The predicted molar refractivity (Wildman–Crippen MR) is 61.4 cm³/mol. The largest absolute Gasteiger partial charge is 0.497 e. The van der Waals surface area contributed by atoms with Crippen LogP contribution in [0.3, 0.4) is 0 Å². The first kappa shape index (κ1) is 11.4. The monoisotopic (exact) mass is 208 g/mol. The number of nitrogens with one attached hydrogen (secondary N) is 1. The molecule has 0 spiro atoms. The first-order chi connectivity index (χ1) is 7.22. The van der Waals surface area contributed by atoms with Crippen LogP contribution in [-0.2, 0) is 7.05 Å². The van der Waals surface area contributed by atoms with E-state index in [1.54, 1.807) is 18.7 Å². The van der Waals surface area contributed by atoms with Crippen LogP contribution in [0.1, 0.15) is 13.8 Å². The summed E-state index contributed by atoms with van der Waals surface area (Å²) in [4.78, 5) is 13.9. The van der Waals surface area contributed by atoms with E-state index in [9.17, 15) is 4.79 Å². The number of aryl methyl sites for hydroxylation is 1. The van der Waals surface area contributed by atoms with E-state index in [1.807, 2.05) is 32.0 Å². The number of ether oxygens (including phenoxy) is 1. The third kappa shape index (κ3) is 2.03. The Morgan fingerprint density at radius 2 is 2.00 bits per heavy atom. The van der Waals surface area contributed by atoms with Gasteiger partial charge in [-0.15, -0.1) is 0 Å². The topological polar surface area (TPSA) is 47.0 Å². The summed E-state index contributed by atoms with van der Waals surface area (Å²) in [6.07, 6.45) is 0. The number of hydrogen-bond acceptors (Lipinski definition) is 2. The Bertz CT molecular complexity index is 497. The fourth-order valence-corrected chi connectivity index (χ4v) is 1.33. The molecule has 1 heterocycles. The van der Waals surface area contributed by atoms with Crippen LogP contribution in [0.15, 0.2) is 23.0 Å². The molecule has 1 aromatic heterocycles. The molecule has 0 aliphatic carbocycles. The normalized spacial score (nSPS) is 9.60. The average Bonchev–Trinajstić information content (AvgIpc) is 2.57. The number of aromatic amines is 1. The minimum Gasteiger partial charge on any atom is -0.497 e. The first-order valence-electron chi connectivity index (χ1n) is 4.95. The first-order valence-corrected chi connectivity index (χ1v) is 4.95. The number of benzene rings is 1. The molecular formula is C11H16N2O2. The Morgan fingerprint density at radius 3 is 2.60 bits per heavy atom. The second kappa shape index (κ2) is 4.68. The molecule has 0 unspecified atom stereocenters. The molecule has 4 heteroatoms. The molecule has 1 aromatic carbocycles. The summed E-state index contributed by atoms with van der Waals surface area (Å²) in [7, 11) is 3.33. The highest BCUT2D eigenvalue weighted by molar-refractivity contribution is 5.76. The zero-order valence-corrected chi connectivity index (χ0v) is 9.50. The van der Waals surface area contributed by atoms with Crippen molar-refractivity contribution in [2.24, 2.45) is 7.05 Å². The van der Waals surface area contributed by atoms with Gasteiger partial charge in [-0.25, -0.2) is 4.79 Å². The zero-order valence-electron chi connectivity index (χ0n) is 9.50. The van der Waals surface area contributed by atoms with Crippen molar-refractivity contribution in [1.29, 1.82) is 0 Å². The lowest BCUT2D eigenvalue weighted by Crippen LogP contribution is -2.11. The van der Waals surface area contributed by atoms with E-state index in [2.05, 4.69) is 4.98 Å². The second-order valence-electron chi connectivity index (χ2n) is 2.87. The summed E-state index contributed by atoms with van der Waals surface area (Å²) in [6.45, 7) is 4.00. The van der Waals surface area contributed by atoms with Crippen LogP contribution in [0.5, 0.6) is 5.75 Å². The van der Waals surface area contributed by atoms with Crippen LogP contribution in [0.25, 0.3) is 11.0 Å². The van der Waals surface area contributed by atoms with Crippen LogP contribution in [-0.4, -0.2) is 16.7 Å². The zero-order chi connectivity index (χ0) is 11.4. The molecule has 0 aliphatic heterocycles. The fourth-order valence-electron chi connectivity index (χ4n) is 1.33. The van der Waals surface area contributed by atoms with Crippen molar-refractivity contribution < 1.29 is 4.74 Å². The molecular weight excluding hydrogens is 192 g/mol. The summed E-state index contributed by atoms with van der Waals surface area (Å²) in [6, 6.07) is 5.47. The molecule has 15 heavy (non-hydrogen) atoms. The molecule has 0 saturated carbocycles. The van der Waals surface area contributed by atoms with Gasteiger partial charge in [0, 0.05) is 13.1 Å². The molecule has 0 fully saturated rings. The molecule has 0 bridgehead atoms. The number of rotatable bonds is 1. The summed E-state index contributed by atoms with van der Waals surface area (Å²) < 4.78 is 6.61. The quantitative estimate of drug-likeness (QED) is 0.778. The maximum absolute atomic E-state index is 11.2. The van der Waals surface area contributed by atoms with Crippen molar-refractivity contribution in [2.75, 3.05) is 7.11 Å². The number of hydrogen-bond donors (Lipinski definition) is 1. The van der Waals surface area contributed by atoms with E-state index >= 15 is 0 Å². The highest BCUT2D eigenvalue weighted by Crippen LogP contribution is 2.17. The van der Waals surface area contributed by atoms with E-state index < -0.39 is 0 Å². The van der Waals surface area contributed by atoms with Crippen LogP contribution < -0.4 is 10.4 Å². The van der Waals surface area contributed by atoms with Crippen LogP contribution in [0.2, 0.25) is 0 Å². The van der Waals surface area contributed by atoms with Gasteiger partial charge in [-0.05, 0) is 12.1 Å². The Labute approximate surface area is 88.5 Å². The minimum absolute atomic E-state index is 0.108. The van der Waals surface area contributed by atoms with Crippen molar-refractivity contribution in [1.82, 2.24) is 9.55 Å². The SMILES string of the molecule is CC.COc1ccc2[nH]c(=O)n(C)c2c1.